The van der Waals surface area contributed by atoms with Crippen molar-refractivity contribution in [2.24, 2.45) is 5.73 Å². The number of hydrogen-bond donors (Lipinski definition) is 3. The number of aliphatic carboxylic acids is 1. The van der Waals surface area contributed by atoms with Gasteiger partial charge in [0.2, 0.25) is 0 Å². The summed E-state index contributed by atoms with van der Waals surface area (Å²) < 4.78 is 33.3. The first-order chi connectivity index (χ1) is 26.2. The Bertz CT molecular complexity index is 878. The molecule has 4 N–H and O–H groups in total. The van der Waals surface area contributed by atoms with Crippen molar-refractivity contribution in [2.45, 2.75) is 238 Å². The summed E-state index contributed by atoms with van der Waals surface area (Å²) in [7, 11) is -4.60. The highest BCUT2D eigenvalue weighted by molar-refractivity contribution is 7.47. The molecule has 3 atom stereocenters. The summed E-state index contributed by atoms with van der Waals surface area (Å²) in [6.45, 7) is 3.90. The standard InChI is InChI=1S/C43H86NO9P/c1-3-5-7-9-11-13-14-15-16-17-18-19-20-21-22-23-24-25-26-28-30-32-34-36-50-37-40(38-51-54(48,49)52-39-41(44)43(46)47)53-42(45)35-33-31-29-27-12-10-8-6-4-2/h40-41H,3-39,44H2,1-2H3,(H,46,47)(H,48,49). The number of unbranched alkanes of at least 4 members (excludes halogenated alkanes) is 30. The SMILES string of the molecule is CCCCCCCCCCCCCCCCCCCCCCCCCOCC(COP(=O)(O)OCC(N)C(=O)O)OC(=O)CCCCCCCCCCC. The zero-order valence-corrected chi connectivity index (χ0v) is 36.0. The van der Waals surface area contributed by atoms with Crippen LogP contribution in [0.25, 0.3) is 0 Å². The molecule has 0 aromatic rings. The first-order valence-corrected chi connectivity index (χ1v) is 24.1. The predicted molar refractivity (Wildman–Crippen MR) is 222 cm³/mol. The fourth-order valence-electron chi connectivity index (χ4n) is 6.61. The summed E-state index contributed by atoms with van der Waals surface area (Å²) in [5.41, 5.74) is 5.35. The van der Waals surface area contributed by atoms with Gasteiger partial charge in [-0.3, -0.25) is 18.6 Å². The molecule has 11 heteroatoms. The van der Waals surface area contributed by atoms with Gasteiger partial charge in [0.1, 0.15) is 12.1 Å². The smallest absolute Gasteiger partial charge is 0.472 e. The lowest BCUT2D eigenvalue weighted by molar-refractivity contribution is -0.154. The highest BCUT2D eigenvalue weighted by Gasteiger charge is 2.27. The van der Waals surface area contributed by atoms with Crippen molar-refractivity contribution in [1.82, 2.24) is 0 Å². The summed E-state index contributed by atoms with van der Waals surface area (Å²) in [6, 6.07) is -1.47. The first kappa shape index (κ1) is 53.0. The number of hydrogen-bond acceptors (Lipinski definition) is 8. The lowest BCUT2D eigenvalue weighted by Gasteiger charge is -2.20. The van der Waals surface area contributed by atoms with Gasteiger partial charge >= 0.3 is 19.8 Å². The van der Waals surface area contributed by atoms with Gasteiger partial charge in [0.15, 0.2) is 0 Å². The molecule has 0 rings (SSSR count). The van der Waals surface area contributed by atoms with Crippen molar-refractivity contribution in [3.05, 3.63) is 0 Å². The number of carboxylic acids is 1. The van der Waals surface area contributed by atoms with Crippen LogP contribution in [0.1, 0.15) is 226 Å². The number of phosphoric ester groups is 1. The van der Waals surface area contributed by atoms with Crippen LogP contribution < -0.4 is 5.73 Å². The zero-order valence-electron chi connectivity index (χ0n) is 35.1. The van der Waals surface area contributed by atoms with E-state index in [2.05, 4.69) is 13.8 Å². The van der Waals surface area contributed by atoms with E-state index in [1.54, 1.807) is 0 Å². The summed E-state index contributed by atoms with van der Waals surface area (Å²) in [5, 5.41) is 8.88. The molecule has 0 bridgehead atoms. The average Bonchev–Trinajstić information content (AvgIpc) is 3.15. The Hall–Kier alpha value is -1.03. The summed E-state index contributed by atoms with van der Waals surface area (Å²) in [4.78, 5) is 33.4. The van der Waals surface area contributed by atoms with E-state index < -0.39 is 45.1 Å². The van der Waals surface area contributed by atoms with E-state index in [1.807, 2.05) is 0 Å². The van der Waals surface area contributed by atoms with E-state index in [-0.39, 0.29) is 13.0 Å². The molecule has 54 heavy (non-hydrogen) atoms. The molecule has 322 valence electrons. The maximum absolute atomic E-state index is 12.5. The molecule has 0 saturated heterocycles. The van der Waals surface area contributed by atoms with E-state index >= 15 is 0 Å². The van der Waals surface area contributed by atoms with Crippen LogP contribution in [-0.2, 0) is 32.7 Å². The minimum Gasteiger partial charge on any atom is -0.480 e. The minimum atomic E-state index is -4.60. The first-order valence-electron chi connectivity index (χ1n) is 22.6. The van der Waals surface area contributed by atoms with Gasteiger partial charge in [-0.05, 0) is 12.8 Å². The Morgan fingerprint density at radius 2 is 0.852 bits per heavy atom. The fraction of sp³-hybridized carbons (Fsp3) is 0.953. The van der Waals surface area contributed by atoms with E-state index in [9.17, 15) is 19.0 Å². The number of carboxylic acid groups (broad SMARTS) is 1. The van der Waals surface area contributed by atoms with Crippen molar-refractivity contribution in [3.8, 4) is 0 Å². The number of esters is 1. The fourth-order valence-corrected chi connectivity index (χ4v) is 7.38. The Labute approximate surface area is 331 Å². The maximum Gasteiger partial charge on any atom is 0.472 e. The molecular formula is C43H86NO9P. The van der Waals surface area contributed by atoms with E-state index in [0.29, 0.717) is 6.61 Å². The summed E-state index contributed by atoms with van der Waals surface area (Å²) >= 11 is 0. The highest BCUT2D eigenvalue weighted by Crippen LogP contribution is 2.43. The largest absolute Gasteiger partial charge is 0.480 e. The van der Waals surface area contributed by atoms with Gasteiger partial charge in [-0.15, -0.1) is 0 Å². The molecular weight excluding hydrogens is 705 g/mol. The molecule has 0 amide bonds. The van der Waals surface area contributed by atoms with Crippen LogP contribution in [0.5, 0.6) is 0 Å². The Balaban J connectivity index is 4.00. The quantitative estimate of drug-likeness (QED) is 0.0308. The van der Waals surface area contributed by atoms with Crippen LogP contribution in [0.15, 0.2) is 0 Å². The van der Waals surface area contributed by atoms with Crippen molar-refractivity contribution >= 4 is 19.8 Å². The summed E-state index contributed by atoms with van der Waals surface area (Å²) in [6.07, 6.45) is 40.3. The molecule has 0 radical (unpaired) electrons. The van der Waals surface area contributed by atoms with Crippen molar-refractivity contribution in [1.29, 1.82) is 0 Å². The Morgan fingerprint density at radius 1 is 0.519 bits per heavy atom. The molecule has 0 aromatic carbocycles. The van der Waals surface area contributed by atoms with Gasteiger partial charge in [0, 0.05) is 13.0 Å². The van der Waals surface area contributed by atoms with Gasteiger partial charge in [0.25, 0.3) is 0 Å². The van der Waals surface area contributed by atoms with Crippen LogP contribution in [0.2, 0.25) is 0 Å². The van der Waals surface area contributed by atoms with Crippen LogP contribution in [0, 0.1) is 0 Å². The molecule has 10 nitrogen and oxygen atoms in total. The number of phosphoric acid groups is 1. The lowest BCUT2D eigenvalue weighted by Crippen LogP contribution is -2.34. The topological polar surface area (TPSA) is 155 Å². The van der Waals surface area contributed by atoms with E-state index in [0.717, 1.165) is 38.5 Å². The van der Waals surface area contributed by atoms with Crippen molar-refractivity contribution in [2.75, 3.05) is 26.4 Å². The number of nitrogens with two attached hydrogens (primary N) is 1. The van der Waals surface area contributed by atoms with Crippen LogP contribution in [0.3, 0.4) is 0 Å². The van der Waals surface area contributed by atoms with E-state index in [4.69, 9.17) is 29.4 Å². The number of rotatable bonds is 44. The third-order valence-electron chi connectivity index (χ3n) is 10.1. The maximum atomic E-state index is 12.5. The van der Waals surface area contributed by atoms with Gasteiger partial charge in [-0.1, -0.05) is 206 Å². The zero-order chi connectivity index (χ0) is 39.8. The monoisotopic (exact) mass is 792 g/mol. The molecule has 0 aliphatic carbocycles. The third-order valence-corrected chi connectivity index (χ3v) is 11.1. The molecule has 0 heterocycles. The normalized spacial score (nSPS) is 13.9. The van der Waals surface area contributed by atoms with E-state index in [1.165, 1.54) is 167 Å². The molecule has 0 spiro atoms. The number of ether oxygens (including phenoxy) is 2. The van der Waals surface area contributed by atoms with Gasteiger partial charge in [-0.25, -0.2) is 4.57 Å². The van der Waals surface area contributed by atoms with Crippen LogP contribution in [-0.4, -0.2) is 60.5 Å². The number of carbonyl (C=O) groups excluding carboxylic acids is 1. The second kappa shape index (κ2) is 40.2. The highest BCUT2D eigenvalue weighted by atomic mass is 31.2. The molecule has 0 aliphatic heterocycles. The van der Waals surface area contributed by atoms with Gasteiger partial charge in [-0.2, -0.15) is 0 Å². The molecule has 0 aromatic heterocycles. The van der Waals surface area contributed by atoms with Crippen molar-refractivity contribution < 1.29 is 42.7 Å². The lowest BCUT2D eigenvalue weighted by atomic mass is 10.0. The Morgan fingerprint density at radius 3 is 1.22 bits per heavy atom. The van der Waals surface area contributed by atoms with Crippen LogP contribution in [0.4, 0.5) is 0 Å². The minimum absolute atomic E-state index is 0.0252. The second-order valence-corrected chi connectivity index (χ2v) is 17.0. The molecule has 3 unspecified atom stereocenters. The second-order valence-electron chi connectivity index (χ2n) is 15.5. The van der Waals surface area contributed by atoms with Gasteiger partial charge in [0.05, 0.1) is 19.8 Å². The Kier molecular flexibility index (Phi) is 39.4. The molecule has 0 fully saturated rings. The summed E-state index contributed by atoms with van der Waals surface area (Å²) in [5.74, 6) is -1.77. The predicted octanol–water partition coefficient (Wildman–Crippen LogP) is 12.4. The van der Waals surface area contributed by atoms with Crippen molar-refractivity contribution in [3.63, 3.8) is 0 Å². The molecule has 0 saturated carbocycles. The van der Waals surface area contributed by atoms with Crippen LogP contribution >= 0.6 is 7.82 Å². The third kappa shape index (κ3) is 39.2. The number of carbonyl (C=O) groups is 2. The molecule has 0 aliphatic rings. The average molecular weight is 792 g/mol. The van der Waals surface area contributed by atoms with Gasteiger partial charge < -0.3 is 25.2 Å².